The first-order valence-electron chi connectivity index (χ1n) is 6.90. The Bertz CT molecular complexity index is 695. The van der Waals surface area contributed by atoms with Crippen LogP contribution in [0.15, 0.2) is 24.3 Å². The highest BCUT2D eigenvalue weighted by atomic mass is 19.1. The second-order valence-electron chi connectivity index (χ2n) is 5.18. The number of rotatable bonds is 2. The first-order valence-corrected chi connectivity index (χ1v) is 6.90. The van der Waals surface area contributed by atoms with Crippen LogP contribution in [0.25, 0.3) is 11.1 Å². The molecule has 0 fully saturated rings. The molecule has 1 N–H and O–H groups in total. The van der Waals surface area contributed by atoms with Gasteiger partial charge in [-0.15, -0.1) is 0 Å². The van der Waals surface area contributed by atoms with Crippen molar-refractivity contribution < 1.29 is 19.0 Å². The molecule has 0 radical (unpaired) electrons. The molecule has 1 aliphatic rings. The molecular formula is C17H17FO3. The van der Waals surface area contributed by atoms with Crippen LogP contribution >= 0.6 is 0 Å². The molecule has 0 heterocycles. The maximum Gasteiger partial charge on any atom is 0.165 e. The van der Waals surface area contributed by atoms with E-state index in [9.17, 15) is 9.50 Å². The van der Waals surface area contributed by atoms with E-state index in [0.29, 0.717) is 11.5 Å². The molecule has 0 saturated carbocycles. The van der Waals surface area contributed by atoms with Crippen molar-refractivity contribution in [3.8, 4) is 28.4 Å². The summed E-state index contributed by atoms with van der Waals surface area (Å²) in [7, 11) is 3.19. The van der Waals surface area contributed by atoms with Crippen molar-refractivity contribution in [1.82, 2.24) is 0 Å². The van der Waals surface area contributed by atoms with Gasteiger partial charge in [0.25, 0.3) is 0 Å². The van der Waals surface area contributed by atoms with Crippen molar-refractivity contribution in [2.75, 3.05) is 14.2 Å². The summed E-state index contributed by atoms with van der Waals surface area (Å²) in [6.45, 7) is 0. The highest BCUT2D eigenvalue weighted by molar-refractivity contribution is 5.76. The number of phenolic OH excluding ortho intramolecular Hbond substituents is 1. The quantitative estimate of drug-likeness (QED) is 0.915. The minimum absolute atomic E-state index is 0.323. The van der Waals surface area contributed by atoms with Crippen molar-refractivity contribution in [2.24, 2.45) is 0 Å². The zero-order valence-electron chi connectivity index (χ0n) is 12.1. The van der Waals surface area contributed by atoms with Crippen LogP contribution < -0.4 is 9.47 Å². The Morgan fingerprint density at radius 1 is 0.905 bits per heavy atom. The maximum absolute atomic E-state index is 13.6. The summed E-state index contributed by atoms with van der Waals surface area (Å²) >= 11 is 0. The van der Waals surface area contributed by atoms with E-state index in [1.54, 1.807) is 14.2 Å². The smallest absolute Gasteiger partial charge is 0.165 e. The van der Waals surface area contributed by atoms with E-state index in [4.69, 9.17) is 9.47 Å². The Morgan fingerprint density at radius 3 is 2.14 bits per heavy atom. The second kappa shape index (κ2) is 5.28. The molecule has 0 saturated heterocycles. The third-order valence-corrected chi connectivity index (χ3v) is 3.96. The van der Waals surface area contributed by atoms with Crippen LogP contribution in [0, 0.1) is 5.82 Å². The summed E-state index contributed by atoms with van der Waals surface area (Å²) in [6, 6.07) is 6.79. The molecule has 0 aromatic heterocycles. The Morgan fingerprint density at radius 2 is 1.48 bits per heavy atom. The summed E-state index contributed by atoms with van der Waals surface area (Å²) in [6.07, 6.45) is 2.60. The van der Waals surface area contributed by atoms with Crippen LogP contribution in [0.4, 0.5) is 4.39 Å². The molecule has 0 unspecified atom stereocenters. The predicted molar refractivity (Wildman–Crippen MR) is 78.6 cm³/mol. The van der Waals surface area contributed by atoms with Gasteiger partial charge < -0.3 is 14.6 Å². The predicted octanol–water partition coefficient (Wildman–Crippen LogP) is 3.70. The molecule has 0 amide bonds. The molecular weight excluding hydrogens is 271 g/mol. The average Bonchev–Trinajstić information content (AvgIpc) is 2.65. The van der Waals surface area contributed by atoms with Crippen LogP contribution in [0.1, 0.15) is 17.5 Å². The van der Waals surface area contributed by atoms with Gasteiger partial charge in [0, 0.05) is 0 Å². The minimum Gasteiger partial charge on any atom is -0.505 e. The summed E-state index contributed by atoms with van der Waals surface area (Å²) in [4.78, 5) is 0. The number of aryl methyl sites for hydroxylation is 2. The molecule has 0 bridgehead atoms. The van der Waals surface area contributed by atoms with Crippen LogP contribution in [0.3, 0.4) is 0 Å². The summed E-state index contributed by atoms with van der Waals surface area (Å²) < 4.78 is 24.3. The molecule has 2 aromatic rings. The van der Waals surface area contributed by atoms with Gasteiger partial charge in [0.05, 0.1) is 14.2 Å². The molecule has 3 nitrogen and oxygen atoms in total. The van der Waals surface area contributed by atoms with E-state index in [0.717, 1.165) is 41.5 Å². The zero-order valence-corrected chi connectivity index (χ0v) is 12.1. The normalized spacial score (nSPS) is 13.1. The summed E-state index contributed by atoms with van der Waals surface area (Å²) in [5.74, 6) is 0.424. The van der Waals surface area contributed by atoms with Crippen molar-refractivity contribution in [1.29, 1.82) is 0 Å². The zero-order chi connectivity index (χ0) is 15.0. The molecule has 3 rings (SSSR count). The summed E-state index contributed by atoms with van der Waals surface area (Å²) in [5, 5.41) is 9.69. The van der Waals surface area contributed by atoms with E-state index in [2.05, 4.69) is 0 Å². The number of methoxy groups -OCH3 is 2. The number of hydrogen-bond donors (Lipinski definition) is 1. The Kier molecular flexibility index (Phi) is 3.45. The monoisotopic (exact) mass is 288 g/mol. The van der Waals surface area contributed by atoms with E-state index in [-0.39, 0.29) is 5.75 Å². The van der Waals surface area contributed by atoms with Crippen molar-refractivity contribution in [3.05, 3.63) is 41.2 Å². The van der Waals surface area contributed by atoms with Crippen LogP contribution in [-0.4, -0.2) is 19.3 Å². The topological polar surface area (TPSA) is 38.7 Å². The van der Waals surface area contributed by atoms with Crippen LogP contribution in [-0.2, 0) is 12.8 Å². The number of benzene rings is 2. The number of aromatic hydroxyl groups is 1. The molecule has 0 spiro atoms. The van der Waals surface area contributed by atoms with Crippen LogP contribution in [0.5, 0.6) is 17.2 Å². The number of phenols is 1. The fraction of sp³-hybridized carbons (Fsp3) is 0.294. The van der Waals surface area contributed by atoms with E-state index in [1.165, 1.54) is 12.1 Å². The number of fused-ring (bicyclic) bond motifs is 3. The van der Waals surface area contributed by atoms with E-state index in [1.807, 2.05) is 12.1 Å². The largest absolute Gasteiger partial charge is 0.505 e. The number of hydrogen-bond acceptors (Lipinski definition) is 3. The van der Waals surface area contributed by atoms with Gasteiger partial charge >= 0.3 is 0 Å². The van der Waals surface area contributed by atoms with Gasteiger partial charge in [-0.1, -0.05) is 0 Å². The Labute approximate surface area is 122 Å². The van der Waals surface area contributed by atoms with Gasteiger partial charge in [0.15, 0.2) is 23.1 Å². The van der Waals surface area contributed by atoms with Gasteiger partial charge in [-0.25, -0.2) is 4.39 Å². The van der Waals surface area contributed by atoms with Gasteiger partial charge in [-0.05, 0) is 65.8 Å². The highest BCUT2D eigenvalue weighted by Crippen LogP contribution is 2.41. The lowest BCUT2D eigenvalue weighted by Crippen LogP contribution is -1.95. The molecule has 2 aromatic carbocycles. The SMILES string of the molecule is COc1cc2c(cc1OC)-c1cc(O)c(F)cc1CCC2. The second-order valence-corrected chi connectivity index (χ2v) is 5.18. The van der Waals surface area contributed by atoms with Crippen molar-refractivity contribution in [2.45, 2.75) is 19.3 Å². The molecule has 0 aliphatic heterocycles. The van der Waals surface area contributed by atoms with Crippen LogP contribution in [0.2, 0.25) is 0 Å². The lowest BCUT2D eigenvalue weighted by Gasteiger charge is -2.15. The number of halogens is 1. The van der Waals surface area contributed by atoms with Gasteiger partial charge in [0.1, 0.15) is 0 Å². The maximum atomic E-state index is 13.6. The van der Waals surface area contributed by atoms with Crippen molar-refractivity contribution >= 4 is 0 Å². The third-order valence-electron chi connectivity index (χ3n) is 3.96. The highest BCUT2D eigenvalue weighted by Gasteiger charge is 2.20. The fourth-order valence-corrected chi connectivity index (χ4v) is 2.91. The first kappa shape index (κ1) is 13.7. The van der Waals surface area contributed by atoms with Crippen molar-refractivity contribution in [3.63, 3.8) is 0 Å². The summed E-state index contributed by atoms with van der Waals surface area (Å²) in [5.41, 5.74) is 3.87. The molecule has 110 valence electrons. The Hall–Kier alpha value is -2.23. The lowest BCUT2D eigenvalue weighted by atomic mass is 9.95. The molecule has 4 heteroatoms. The van der Waals surface area contributed by atoms with Gasteiger partial charge in [-0.2, -0.15) is 0 Å². The third kappa shape index (κ3) is 2.31. The average molecular weight is 288 g/mol. The Balaban J connectivity index is 2.25. The minimum atomic E-state index is -0.572. The van der Waals surface area contributed by atoms with E-state index < -0.39 is 5.82 Å². The molecule has 1 aliphatic carbocycles. The van der Waals surface area contributed by atoms with Gasteiger partial charge in [-0.3, -0.25) is 0 Å². The standard InChI is InChI=1S/C17H17FO3/c1-20-16-7-11-5-3-4-10-6-14(18)15(19)8-12(10)13(11)9-17(16)21-2/h6-9,19H,3-5H2,1-2H3. The molecule has 0 atom stereocenters. The molecule has 21 heavy (non-hydrogen) atoms. The fourth-order valence-electron chi connectivity index (χ4n) is 2.91. The van der Waals surface area contributed by atoms with E-state index >= 15 is 0 Å². The lowest BCUT2D eigenvalue weighted by molar-refractivity contribution is 0.354. The number of ether oxygens (including phenoxy) is 2. The van der Waals surface area contributed by atoms with Gasteiger partial charge in [0.2, 0.25) is 0 Å². The first-order chi connectivity index (χ1) is 10.1.